The van der Waals surface area contributed by atoms with Crippen LogP contribution < -0.4 is 5.32 Å². The molecule has 1 aliphatic rings. The summed E-state index contributed by atoms with van der Waals surface area (Å²) in [5.74, 6) is -4.41. The van der Waals surface area contributed by atoms with Crippen molar-refractivity contribution in [3.8, 4) is 6.07 Å². The van der Waals surface area contributed by atoms with E-state index in [2.05, 4.69) is 15.3 Å². The highest BCUT2D eigenvalue weighted by Crippen LogP contribution is 2.42. The maximum atomic E-state index is 12.8. The van der Waals surface area contributed by atoms with Crippen LogP contribution >= 0.6 is 11.6 Å². The fraction of sp³-hybridized carbons (Fsp3) is 0.391. The Morgan fingerprint density at radius 1 is 1.14 bits per heavy atom. The number of carbonyl (C=O) groups is 1. The molecule has 196 valence electrons. The van der Waals surface area contributed by atoms with E-state index in [0.717, 1.165) is 4.90 Å². The summed E-state index contributed by atoms with van der Waals surface area (Å²) in [5, 5.41) is 13.1. The van der Waals surface area contributed by atoms with Crippen LogP contribution in [0.1, 0.15) is 30.9 Å². The Morgan fingerprint density at radius 3 is 2.41 bits per heavy atom. The lowest BCUT2D eigenvalue weighted by Crippen LogP contribution is -2.44. The lowest BCUT2D eigenvalue weighted by Gasteiger charge is -2.34. The number of anilines is 2. The first-order valence-corrected chi connectivity index (χ1v) is 11.5. The van der Waals surface area contributed by atoms with Crippen molar-refractivity contribution in [1.82, 2.24) is 19.4 Å². The number of benzene rings is 1. The van der Waals surface area contributed by atoms with Gasteiger partial charge in [-0.1, -0.05) is 11.6 Å². The van der Waals surface area contributed by atoms with Crippen LogP contribution in [0.5, 0.6) is 0 Å². The molecular formula is C23H19ClF6N6O. The number of likely N-dealkylation sites (tertiary alicyclic amines) is 1. The van der Waals surface area contributed by atoms with Crippen molar-refractivity contribution in [2.45, 2.75) is 37.7 Å². The van der Waals surface area contributed by atoms with Gasteiger partial charge in [0.2, 0.25) is 5.91 Å². The van der Waals surface area contributed by atoms with Gasteiger partial charge in [-0.05, 0) is 37.1 Å². The van der Waals surface area contributed by atoms with Crippen LogP contribution in [-0.4, -0.2) is 50.8 Å². The van der Waals surface area contributed by atoms with E-state index in [1.807, 2.05) is 10.6 Å². The van der Waals surface area contributed by atoms with Gasteiger partial charge in [-0.15, -0.1) is 0 Å². The molecule has 1 amide bonds. The van der Waals surface area contributed by atoms with Crippen molar-refractivity contribution in [3.05, 3.63) is 47.4 Å². The van der Waals surface area contributed by atoms with E-state index >= 15 is 0 Å². The molecule has 1 aromatic carbocycles. The van der Waals surface area contributed by atoms with Crippen LogP contribution in [0, 0.1) is 17.2 Å². The third kappa shape index (κ3) is 5.74. The average molecular weight is 545 g/mol. The Balaban J connectivity index is 1.46. The number of nitriles is 1. The number of carbonyl (C=O) groups excluding carboxylic acids is 1. The summed E-state index contributed by atoms with van der Waals surface area (Å²) in [6.07, 6.45) is -9.02. The smallest absolute Gasteiger partial charge is 0.343 e. The standard InChI is InChI=1S/C23H19ClF6N6O/c24-16-9-13(11-31)1-2-17(16)34-20-15-5-8-36(21(15)33-12-32-20)14-3-6-35(7-4-14)19(37)10-18(22(25,26)27)23(28,29)30/h1-2,5,8-9,12,14,18H,3-4,6-7,10H2,(H,32,33,34). The fourth-order valence-electron chi connectivity index (χ4n) is 4.29. The molecule has 0 saturated carbocycles. The van der Waals surface area contributed by atoms with Crippen LogP contribution in [0.2, 0.25) is 5.02 Å². The number of rotatable bonds is 5. The molecule has 1 aliphatic heterocycles. The molecule has 0 unspecified atom stereocenters. The molecule has 0 radical (unpaired) electrons. The molecule has 1 fully saturated rings. The van der Waals surface area contributed by atoms with Crippen LogP contribution in [0.15, 0.2) is 36.8 Å². The van der Waals surface area contributed by atoms with E-state index in [0.29, 0.717) is 46.0 Å². The van der Waals surface area contributed by atoms with Crippen molar-refractivity contribution in [1.29, 1.82) is 5.26 Å². The zero-order valence-electron chi connectivity index (χ0n) is 18.9. The van der Waals surface area contributed by atoms with Crippen molar-refractivity contribution >= 4 is 40.0 Å². The van der Waals surface area contributed by atoms with E-state index in [-0.39, 0.29) is 19.1 Å². The van der Waals surface area contributed by atoms with Gasteiger partial charge in [0, 0.05) is 31.7 Å². The lowest BCUT2D eigenvalue weighted by molar-refractivity contribution is -0.284. The van der Waals surface area contributed by atoms with Gasteiger partial charge in [0.1, 0.15) is 17.8 Å². The van der Waals surface area contributed by atoms with E-state index in [4.69, 9.17) is 16.9 Å². The first kappa shape index (κ1) is 26.5. The van der Waals surface area contributed by atoms with Gasteiger partial charge < -0.3 is 14.8 Å². The summed E-state index contributed by atoms with van der Waals surface area (Å²) in [7, 11) is 0. The number of aromatic nitrogens is 3. The van der Waals surface area contributed by atoms with E-state index < -0.39 is 30.6 Å². The van der Waals surface area contributed by atoms with Crippen LogP contribution in [0.3, 0.4) is 0 Å². The number of hydrogen-bond donors (Lipinski definition) is 1. The van der Waals surface area contributed by atoms with Crippen molar-refractivity contribution in [2.75, 3.05) is 18.4 Å². The van der Waals surface area contributed by atoms with Gasteiger partial charge in [0.25, 0.3) is 0 Å². The minimum absolute atomic E-state index is 0.0165. The Kier molecular flexibility index (Phi) is 7.23. The van der Waals surface area contributed by atoms with Crippen molar-refractivity contribution < 1.29 is 31.1 Å². The zero-order valence-corrected chi connectivity index (χ0v) is 19.7. The van der Waals surface area contributed by atoms with Gasteiger partial charge in [-0.2, -0.15) is 31.6 Å². The minimum Gasteiger partial charge on any atom is -0.343 e. The number of amides is 1. The van der Waals surface area contributed by atoms with Gasteiger partial charge in [-0.3, -0.25) is 4.79 Å². The summed E-state index contributed by atoms with van der Waals surface area (Å²) in [6.45, 7) is 0.0330. The molecule has 3 aromatic rings. The Hall–Kier alpha value is -3.53. The van der Waals surface area contributed by atoms with Crippen molar-refractivity contribution in [2.24, 2.45) is 5.92 Å². The highest BCUT2D eigenvalue weighted by Gasteiger charge is 2.57. The number of nitrogens with one attached hydrogen (secondary N) is 1. The SMILES string of the molecule is N#Cc1ccc(Nc2ncnc3c2ccn3C2CCN(C(=O)CC(C(F)(F)F)C(F)(F)F)CC2)c(Cl)c1. The molecule has 0 bridgehead atoms. The second kappa shape index (κ2) is 10.1. The van der Waals surface area contributed by atoms with Gasteiger partial charge in [-0.25, -0.2) is 9.97 Å². The highest BCUT2D eigenvalue weighted by molar-refractivity contribution is 6.33. The molecule has 2 aromatic heterocycles. The molecule has 1 saturated heterocycles. The predicted octanol–water partition coefficient (Wildman–Crippen LogP) is 5.99. The molecule has 0 atom stereocenters. The zero-order chi connectivity index (χ0) is 27.0. The first-order chi connectivity index (χ1) is 17.4. The summed E-state index contributed by atoms with van der Waals surface area (Å²) in [6, 6.07) is 8.33. The third-order valence-corrected chi connectivity index (χ3v) is 6.55. The van der Waals surface area contributed by atoms with Crippen LogP contribution in [0.4, 0.5) is 37.8 Å². The number of halogens is 7. The molecule has 14 heteroatoms. The Morgan fingerprint density at radius 2 is 1.81 bits per heavy atom. The molecule has 3 heterocycles. The lowest BCUT2D eigenvalue weighted by atomic mass is 10.0. The molecular weight excluding hydrogens is 526 g/mol. The molecule has 0 aliphatic carbocycles. The maximum absolute atomic E-state index is 12.8. The quantitative estimate of drug-likeness (QED) is 0.398. The summed E-state index contributed by atoms with van der Waals surface area (Å²) in [5.41, 5.74) is 1.48. The maximum Gasteiger partial charge on any atom is 0.400 e. The molecule has 1 N–H and O–H groups in total. The Labute approximate surface area is 211 Å². The third-order valence-electron chi connectivity index (χ3n) is 6.24. The summed E-state index contributed by atoms with van der Waals surface area (Å²) >= 11 is 6.24. The Bertz CT molecular complexity index is 1330. The number of fused-ring (bicyclic) bond motifs is 1. The summed E-state index contributed by atoms with van der Waals surface area (Å²) < 4.78 is 78.9. The van der Waals surface area contributed by atoms with Crippen LogP contribution in [0.25, 0.3) is 11.0 Å². The second-order valence-corrected chi connectivity index (χ2v) is 8.97. The van der Waals surface area contributed by atoms with E-state index in [1.165, 1.54) is 12.4 Å². The first-order valence-electron chi connectivity index (χ1n) is 11.1. The predicted molar refractivity (Wildman–Crippen MR) is 122 cm³/mol. The molecule has 37 heavy (non-hydrogen) atoms. The number of piperidine rings is 1. The van der Waals surface area contributed by atoms with E-state index in [1.54, 1.807) is 24.4 Å². The summed E-state index contributed by atoms with van der Waals surface area (Å²) in [4.78, 5) is 21.9. The van der Waals surface area contributed by atoms with Gasteiger partial charge in [0.15, 0.2) is 5.92 Å². The van der Waals surface area contributed by atoms with Gasteiger partial charge >= 0.3 is 12.4 Å². The molecule has 4 rings (SSSR count). The normalized spacial score (nSPS) is 15.3. The minimum atomic E-state index is -5.55. The number of hydrogen-bond acceptors (Lipinski definition) is 5. The topological polar surface area (TPSA) is 86.8 Å². The largest absolute Gasteiger partial charge is 0.400 e. The fourth-order valence-corrected chi connectivity index (χ4v) is 4.52. The monoisotopic (exact) mass is 544 g/mol. The number of alkyl halides is 6. The number of nitrogens with zero attached hydrogens (tertiary/aromatic N) is 5. The molecule has 7 nitrogen and oxygen atoms in total. The van der Waals surface area contributed by atoms with Gasteiger partial charge in [0.05, 0.1) is 27.7 Å². The van der Waals surface area contributed by atoms with Crippen LogP contribution in [-0.2, 0) is 4.79 Å². The van der Waals surface area contributed by atoms with Crippen molar-refractivity contribution in [3.63, 3.8) is 0 Å². The second-order valence-electron chi connectivity index (χ2n) is 8.57. The molecule has 0 spiro atoms. The highest BCUT2D eigenvalue weighted by atomic mass is 35.5. The van der Waals surface area contributed by atoms with E-state index in [9.17, 15) is 31.1 Å². The average Bonchev–Trinajstić information content (AvgIpc) is 3.27.